The number of hydrogen-bond donors (Lipinski definition) is 2. The summed E-state index contributed by atoms with van der Waals surface area (Å²) in [6.07, 6.45) is 0. The zero-order chi connectivity index (χ0) is 9.30. The molecular formula is C7H5BrClNO2. The van der Waals surface area contributed by atoms with Crippen LogP contribution in [0.5, 0.6) is 0 Å². The van der Waals surface area contributed by atoms with Gasteiger partial charge in [-0.2, -0.15) is 0 Å². The van der Waals surface area contributed by atoms with Crippen LogP contribution in [0, 0.1) is 0 Å². The number of carboxylic acid groups (broad SMARTS) is 1. The van der Waals surface area contributed by atoms with Crippen molar-refractivity contribution in [1.29, 1.82) is 0 Å². The first-order chi connectivity index (χ1) is 5.52. The van der Waals surface area contributed by atoms with Gasteiger partial charge in [0.2, 0.25) is 0 Å². The normalized spacial score (nSPS) is 9.83. The van der Waals surface area contributed by atoms with Crippen molar-refractivity contribution >= 4 is 39.2 Å². The minimum absolute atomic E-state index is 0.108. The average Bonchev–Trinajstić information content (AvgIpc) is 1.96. The van der Waals surface area contributed by atoms with Gasteiger partial charge in [-0.25, -0.2) is 4.79 Å². The molecule has 0 aliphatic heterocycles. The summed E-state index contributed by atoms with van der Waals surface area (Å²) in [4.78, 5) is 10.6. The predicted molar refractivity (Wildman–Crippen MR) is 50.5 cm³/mol. The maximum absolute atomic E-state index is 10.6. The number of anilines is 1. The number of rotatable bonds is 1. The fourth-order valence-corrected chi connectivity index (χ4v) is 1.54. The number of nitrogens with two attached hydrogens (primary N) is 1. The number of hydrogen-bond acceptors (Lipinski definition) is 2. The van der Waals surface area contributed by atoms with Gasteiger partial charge in [0.25, 0.3) is 0 Å². The summed E-state index contributed by atoms with van der Waals surface area (Å²) < 4.78 is 0.425. The minimum Gasteiger partial charge on any atom is -0.478 e. The van der Waals surface area contributed by atoms with Crippen molar-refractivity contribution in [2.75, 3.05) is 5.73 Å². The van der Waals surface area contributed by atoms with E-state index in [-0.39, 0.29) is 11.3 Å². The van der Waals surface area contributed by atoms with E-state index in [1.165, 1.54) is 12.1 Å². The lowest BCUT2D eigenvalue weighted by molar-refractivity contribution is 0.0696. The van der Waals surface area contributed by atoms with Gasteiger partial charge >= 0.3 is 5.97 Å². The van der Waals surface area contributed by atoms with Crippen molar-refractivity contribution in [3.8, 4) is 0 Å². The van der Waals surface area contributed by atoms with Gasteiger partial charge in [-0.15, -0.1) is 0 Å². The fourth-order valence-electron chi connectivity index (χ4n) is 0.730. The maximum Gasteiger partial charge on any atom is 0.336 e. The Bertz CT molecular complexity index is 340. The molecule has 0 radical (unpaired) electrons. The lowest BCUT2D eigenvalue weighted by Gasteiger charge is -2.02. The van der Waals surface area contributed by atoms with E-state index in [4.69, 9.17) is 22.4 Å². The molecular weight excluding hydrogens is 245 g/mol. The van der Waals surface area contributed by atoms with E-state index >= 15 is 0 Å². The summed E-state index contributed by atoms with van der Waals surface area (Å²) in [6.45, 7) is 0. The number of halogens is 2. The molecule has 0 unspecified atom stereocenters. The third-order valence-electron chi connectivity index (χ3n) is 1.32. The lowest BCUT2D eigenvalue weighted by Crippen LogP contribution is -1.99. The molecule has 0 amide bonds. The van der Waals surface area contributed by atoms with Crippen molar-refractivity contribution < 1.29 is 9.90 Å². The third kappa shape index (κ3) is 1.70. The molecule has 0 spiro atoms. The molecule has 0 fully saturated rings. The van der Waals surface area contributed by atoms with Gasteiger partial charge in [0.1, 0.15) is 0 Å². The molecule has 1 rings (SSSR count). The Kier molecular flexibility index (Phi) is 2.59. The van der Waals surface area contributed by atoms with E-state index < -0.39 is 5.97 Å². The molecule has 1 aromatic rings. The van der Waals surface area contributed by atoms with Crippen LogP contribution in [0.15, 0.2) is 16.6 Å². The Morgan fingerprint density at radius 3 is 2.67 bits per heavy atom. The largest absolute Gasteiger partial charge is 0.478 e. The summed E-state index contributed by atoms with van der Waals surface area (Å²) in [7, 11) is 0. The number of benzene rings is 1. The summed E-state index contributed by atoms with van der Waals surface area (Å²) in [6, 6.07) is 2.77. The summed E-state index contributed by atoms with van der Waals surface area (Å²) in [5.74, 6) is -1.04. The Morgan fingerprint density at radius 2 is 2.17 bits per heavy atom. The van der Waals surface area contributed by atoms with Crippen molar-refractivity contribution in [3.05, 3.63) is 27.2 Å². The van der Waals surface area contributed by atoms with Crippen molar-refractivity contribution in [3.63, 3.8) is 0 Å². The summed E-state index contributed by atoms with van der Waals surface area (Å²) in [5, 5.41) is 8.99. The standard InChI is InChI=1S/C7H5BrClNO2/c8-4-2-5(9)6(10)1-3(4)7(11)12/h1-2H,10H2,(H,11,12). The molecule has 0 aliphatic rings. The van der Waals surface area contributed by atoms with Gasteiger partial charge < -0.3 is 10.8 Å². The SMILES string of the molecule is Nc1cc(C(=O)O)c(Br)cc1Cl. The minimum atomic E-state index is -1.04. The van der Waals surface area contributed by atoms with Crippen LogP contribution in [-0.2, 0) is 0 Å². The molecule has 0 bridgehead atoms. The van der Waals surface area contributed by atoms with Crippen LogP contribution in [0.1, 0.15) is 10.4 Å². The van der Waals surface area contributed by atoms with Gasteiger partial charge in [-0.1, -0.05) is 11.6 Å². The van der Waals surface area contributed by atoms with Crippen molar-refractivity contribution in [1.82, 2.24) is 0 Å². The van der Waals surface area contributed by atoms with Gasteiger partial charge in [0, 0.05) is 4.47 Å². The van der Waals surface area contributed by atoms with E-state index in [2.05, 4.69) is 15.9 Å². The van der Waals surface area contributed by atoms with Crippen molar-refractivity contribution in [2.24, 2.45) is 0 Å². The highest BCUT2D eigenvalue weighted by molar-refractivity contribution is 9.10. The van der Waals surface area contributed by atoms with Gasteiger partial charge in [-0.3, -0.25) is 0 Å². The molecule has 12 heavy (non-hydrogen) atoms. The number of nitrogen functional groups attached to an aromatic ring is 1. The number of carbonyl (C=O) groups is 1. The van der Waals surface area contributed by atoms with Crippen LogP contribution in [-0.4, -0.2) is 11.1 Å². The highest BCUT2D eigenvalue weighted by Gasteiger charge is 2.10. The summed E-state index contributed by atoms with van der Waals surface area (Å²) in [5.41, 5.74) is 5.78. The molecule has 0 aliphatic carbocycles. The number of aromatic carboxylic acids is 1. The van der Waals surface area contributed by atoms with E-state index in [1.54, 1.807) is 0 Å². The van der Waals surface area contributed by atoms with Crippen LogP contribution in [0.2, 0.25) is 5.02 Å². The zero-order valence-corrected chi connectivity index (χ0v) is 8.19. The lowest BCUT2D eigenvalue weighted by atomic mass is 10.2. The Morgan fingerprint density at radius 1 is 1.58 bits per heavy atom. The first-order valence-corrected chi connectivity index (χ1v) is 4.17. The highest BCUT2D eigenvalue weighted by atomic mass is 79.9. The molecule has 0 saturated heterocycles. The molecule has 1 aromatic carbocycles. The quantitative estimate of drug-likeness (QED) is 0.752. The molecule has 0 atom stereocenters. The number of carboxylic acids is 1. The van der Waals surface area contributed by atoms with Gasteiger partial charge in [-0.05, 0) is 28.1 Å². The molecule has 5 heteroatoms. The van der Waals surface area contributed by atoms with Crippen LogP contribution in [0.25, 0.3) is 0 Å². The Balaban J connectivity index is 3.33. The molecule has 3 nitrogen and oxygen atoms in total. The smallest absolute Gasteiger partial charge is 0.336 e. The first-order valence-electron chi connectivity index (χ1n) is 3.00. The molecule has 0 aromatic heterocycles. The second-order valence-corrected chi connectivity index (χ2v) is 3.42. The monoisotopic (exact) mass is 249 g/mol. The van der Waals surface area contributed by atoms with Crippen LogP contribution in [0.4, 0.5) is 5.69 Å². The molecule has 64 valence electrons. The molecule has 0 saturated carbocycles. The molecule has 3 N–H and O–H groups in total. The first kappa shape index (κ1) is 9.35. The Hall–Kier alpha value is -0.740. The van der Waals surface area contributed by atoms with Crippen LogP contribution in [0.3, 0.4) is 0 Å². The fraction of sp³-hybridized carbons (Fsp3) is 0. The average molecular weight is 250 g/mol. The summed E-state index contributed by atoms with van der Waals surface area (Å²) >= 11 is 8.70. The van der Waals surface area contributed by atoms with Gasteiger partial charge in [0.15, 0.2) is 0 Å². The van der Waals surface area contributed by atoms with Crippen molar-refractivity contribution in [2.45, 2.75) is 0 Å². The van der Waals surface area contributed by atoms with E-state index in [1.807, 2.05) is 0 Å². The maximum atomic E-state index is 10.6. The zero-order valence-electron chi connectivity index (χ0n) is 5.84. The van der Waals surface area contributed by atoms with Crippen LogP contribution >= 0.6 is 27.5 Å². The second kappa shape index (κ2) is 3.33. The third-order valence-corrected chi connectivity index (χ3v) is 2.30. The van der Waals surface area contributed by atoms with Crippen LogP contribution < -0.4 is 5.73 Å². The van der Waals surface area contributed by atoms with Gasteiger partial charge in [0.05, 0.1) is 16.3 Å². The van der Waals surface area contributed by atoms with E-state index in [9.17, 15) is 4.79 Å². The highest BCUT2D eigenvalue weighted by Crippen LogP contribution is 2.27. The topological polar surface area (TPSA) is 63.3 Å². The molecule has 0 heterocycles. The second-order valence-electron chi connectivity index (χ2n) is 2.16. The predicted octanol–water partition coefficient (Wildman–Crippen LogP) is 2.38. The Labute approximate surface area is 82.3 Å². The van der Waals surface area contributed by atoms with E-state index in [0.29, 0.717) is 9.50 Å². The van der Waals surface area contributed by atoms with E-state index in [0.717, 1.165) is 0 Å².